The molecule has 1 rings (SSSR count). The molecule has 0 aliphatic rings. The van der Waals surface area contributed by atoms with E-state index in [1.807, 2.05) is 30.3 Å². The van der Waals surface area contributed by atoms with E-state index < -0.39 is 0 Å². The van der Waals surface area contributed by atoms with Crippen molar-refractivity contribution < 1.29 is 4.74 Å². The first-order valence-corrected chi connectivity index (χ1v) is 3.82. The van der Waals surface area contributed by atoms with Crippen LogP contribution in [0.25, 0.3) is 0 Å². The summed E-state index contributed by atoms with van der Waals surface area (Å²) in [5.74, 6) is 0. The summed E-state index contributed by atoms with van der Waals surface area (Å²) < 4.78 is 5.22. The van der Waals surface area contributed by atoms with Crippen LogP contribution >= 0.6 is 0 Å². The maximum absolute atomic E-state index is 5.22. The number of hydrogen-bond donors (Lipinski definition) is 0. The second-order valence-electron chi connectivity index (χ2n) is 2.37. The monoisotopic (exact) mass is 160 g/mol. The van der Waals surface area contributed by atoms with Gasteiger partial charge >= 0.3 is 0 Å². The first-order chi connectivity index (χ1) is 5.88. The third kappa shape index (κ3) is 1.99. The van der Waals surface area contributed by atoms with E-state index in [0.717, 1.165) is 5.56 Å². The fourth-order valence-corrected chi connectivity index (χ4v) is 1.02. The fraction of sp³-hybridized carbons (Fsp3) is 0.0909. The minimum atomic E-state index is -0.0799. The average Bonchev–Trinajstić information content (AvgIpc) is 2.15. The van der Waals surface area contributed by atoms with Crippen molar-refractivity contribution in [3.63, 3.8) is 0 Å². The molecule has 0 aromatic heterocycles. The molecule has 1 nitrogen and oxygen atoms in total. The molecule has 0 saturated heterocycles. The van der Waals surface area contributed by atoms with Crippen molar-refractivity contribution in [1.29, 1.82) is 0 Å². The summed E-state index contributed by atoms with van der Waals surface area (Å²) in [4.78, 5) is 0. The molecule has 0 heterocycles. The van der Waals surface area contributed by atoms with Gasteiger partial charge in [0.05, 0.1) is 6.26 Å². The van der Waals surface area contributed by atoms with Crippen molar-refractivity contribution in [2.24, 2.45) is 0 Å². The Morgan fingerprint density at radius 1 is 1.17 bits per heavy atom. The lowest BCUT2D eigenvalue weighted by molar-refractivity contribution is 0.191. The summed E-state index contributed by atoms with van der Waals surface area (Å²) in [6.07, 6.45) is 3.10. The number of ether oxygens (including phenoxy) is 1. The highest BCUT2D eigenvalue weighted by Gasteiger charge is 2.03. The minimum Gasteiger partial charge on any atom is -0.490 e. The van der Waals surface area contributed by atoms with Crippen LogP contribution in [0.1, 0.15) is 11.7 Å². The van der Waals surface area contributed by atoms with Crippen LogP contribution in [-0.2, 0) is 4.74 Å². The summed E-state index contributed by atoms with van der Waals surface area (Å²) in [6, 6.07) is 9.90. The van der Waals surface area contributed by atoms with Crippen LogP contribution in [-0.4, -0.2) is 0 Å². The lowest BCUT2D eigenvalue weighted by Gasteiger charge is -2.11. The molecular formula is C11H12O. The Balaban J connectivity index is 2.79. The Morgan fingerprint density at radius 2 is 1.83 bits per heavy atom. The molecule has 0 bridgehead atoms. The Bertz CT molecular complexity index is 251. The summed E-state index contributed by atoms with van der Waals surface area (Å²) >= 11 is 0. The van der Waals surface area contributed by atoms with E-state index >= 15 is 0 Å². The quantitative estimate of drug-likeness (QED) is 0.486. The lowest BCUT2D eigenvalue weighted by Crippen LogP contribution is -1.95. The topological polar surface area (TPSA) is 9.23 Å². The summed E-state index contributed by atoms with van der Waals surface area (Å²) in [5.41, 5.74) is 1.09. The molecule has 0 radical (unpaired) electrons. The summed E-state index contributed by atoms with van der Waals surface area (Å²) in [6.45, 7) is 7.19. The smallest absolute Gasteiger partial charge is 0.141 e. The first-order valence-electron chi connectivity index (χ1n) is 3.82. The first kappa shape index (κ1) is 8.60. The van der Waals surface area contributed by atoms with Gasteiger partial charge in [-0.3, -0.25) is 0 Å². The molecule has 0 saturated carbocycles. The predicted octanol–water partition coefficient (Wildman–Crippen LogP) is 3.07. The van der Waals surface area contributed by atoms with Crippen molar-refractivity contribution in [3.05, 3.63) is 61.4 Å². The van der Waals surface area contributed by atoms with Crippen molar-refractivity contribution >= 4 is 0 Å². The van der Waals surface area contributed by atoms with Crippen LogP contribution in [0.15, 0.2) is 55.8 Å². The van der Waals surface area contributed by atoms with Gasteiger partial charge in [0, 0.05) is 0 Å². The lowest BCUT2D eigenvalue weighted by atomic mass is 10.1. The van der Waals surface area contributed by atoms with Gasteiger partial charge in [0.2, 0.25) is 0 Å². The molecule has 1 atom stereocenters. The van der Waals surface area contributed by atoms with Crippen molar-refractivity contribution in [2.75, 3.05) is 0 Å². The molecule has 0 aliphatic heterocycles. The van der Waals surface area contributed by atoms with Crippen molar-refractivity contribution in [3.8, 4) is 0 Å². The van der Waals surface area contributed by atoms with Gasteiger partial charge in [-0.2, -0.15) is 0 Å². The van der Waals surface area contributed by atoms with E-state index in [4.69, 9.17) is 4.74 Å². The predicted molar refractivity (Wildman–Crippen MR) is 50.7 cm³/mol. The fourth-order valence-electron chi connectivity index (χ4n) is 1.02. The zero-order valence-electron chi connectivity index (χ0n) is 6.94. The van der Waals surface area contributed by atoms with Gasteiger partial charge < -0.3 is 4.74 Å². The summed E-state index contributed by atoms with van der Waals surface area (Å²) in [5, 5.41) is 0. The largest absolute Gasteiger partial charge is 0.490 e. The van der Waals surface area contributed by atoms with Crippen LogP contribution in [0.5, 0.6) is 0 Å². The zero-order chi connectivity index (χ0) is 8.81. The summed E-state index contributed by atoms with van der Waals surface area (Å²) in [7, 11) is 0. The molecule has 0 aliphatic carbocycles. The Hall–Kier alpha value is -1.50. The van der Waals surface area contributed by atoms with Gasteiger partial charge in [0.25, 0.3) is 0 Å². The van der Waals surface area contributed by atoms with Crippen LogP contribution in [0.4, 0.5) is 0 Å². The highest BCUT2D eigenvalue weighted by atomic mass is 16.5. The van der Waals surface area contributed by atoms with E-state index in [9.17, 15) is 0 Å². The molecule has 0 spiro atoms. The maximum Gasteiger partial charge on any atom is 0.141 e. The number of hydrogen-bond acceptors (Lipinski definition) is 1. The van der Waals surface area contributed by atoms with E-state index in [0.29, 0.717) is 0 Å². The van der Waals surface area contributed by atoms with Gasteiger partial charge in [-0.15, -0.1) is 0 Å². The third-order valence-corrected chi connectivity index (χ3v) is 1.59. The molecule has 1 aromatic rings. The van der Waals surface area contributed by atoms with Gasteiger partial charge in [-0.25, -0.2) is 0 Å². The van der Waals surface area contributed by atoms with E-state index in [1.165, 1.54) is 6.26 Å². The number of benzene rings is 1. The molecule has 0 fully saturated rings. The Morgan fingerprint density at radius 3 is 2.33 bits per heavy atom. The van der Waals surface area contributed by atoms with Gasteiger partial charge in [0.15, 0.2) is 0 Å². The van der Waals surface area contributed by atoms with E-state index in [-0.39, 0.29) is 6.10 Å². The normalized spacial score (nSPS) is 11.7. The highest BCUT2D eigenvalue weighted by Crippen LogP contribution is 2.17. The molecule has 0 N–H and O–H groups in total. The highest BCUT2D eigenvalue weighted by molar-refractivity contribution is 5.20. The molecule has 0 amide bonds. The van der Waals surface area contributed by atoms with Gasteiger partial charge in [-0.05, 0) is 11.6 Å². The number of rotatable bonds is 4. The molecule has 12 heavy (non-hydrogen) atoms. The van der Waals surface area contributed by atoms with Gasteiger partial charge in [0.1, 0.15) is 6.10 Å². The van der Waals surface area contributed by atoms with E-state index in [1.54, 1.807) is 6.08 Å². The SMILES string of the molecule is C=COC(C=C)c1ccccc1. The molecule has 1 aromatic carbocycles. The Kier molecular flexibility index (Phi) is 3.15. The van der Waals surface area contributed by atoms with Crippen molar-refractivity contribution in [1.82, 2.24) is 0 Å². The molecule has 1 unspecified atom stereocenters. The van der Waals surface area contributed by atoms with Gasteiger partial charge in [-0.1, -0.05) is 43.5 Å². The Labute approximate surface area is 73.0 Å². The zero-order valence-corrected chi connectivity index (χ0v) is 6.94. The van der Waals surface area contributed by atoms with E-state index in [2.05, 4.69) is 13.2 Å². The second-order valence-corrected chi connectivity index (χ2v) is 2.37. The standard InChI is InChI=1S/C11H12O/c1-3-11(12-4-2)10-8-6-5-7-9-10/h3-9,11H,1-2H2. The maximum atomic E-state index is 5.22. The van der Waals surface area contributed by atoms with Crippen LogP contribution in [0.2, 0.25) is 0 Å². The molecular weight excluding hydrogens is 148 g/mol. The van der Waals surface area contributed by atoms with Crippen LogP contribution in [0.3, 0.4) is 0 Å². The van der Waals surface area contributed by atoms with Crippen molar-refractivity contribution in [2.45, 2.75) is 6.10 Å². The molecule has 1 heteroatoms. The minimum absolute atomic E-state index is 0.0799. The van der Waals surface area contributed by atoms with Crippen LogP contribution in [0, 0.1) is 0 Å². The van der Waals surface area contributed by atoms with Crippen LogP contribution < -0.4 is 0 Å². The molecule has 62 valence electrons. The average molecular weight is 160 g/mol. The second kappa shape index (κ2) is 4.39. The third-order valence-electron chi connectivity index (χ3n) is 1.59.